The number of amides is 1. The van der Waals surface area contributed by atoms with E-state index in [4.69, 9.17) is 5.11 Å². The molecule has 0 radical (unpaired) electrons. The van der Waals surface area contributed by atoms with E-state index in [0.717, 1.165) is 13.1 Å². The molecule has 1 saturated heterocycles. The summed E-state index contributed by atoms with van der Waals surface area (Å²) < 4.78 is 1.65. The molecule has 0 aliphatic carbocycles. The molecule has 8 heteroatoms. The summed E-state index contributed by atoms with van der Waals surface area (Å²) in [7, 11) is 0. The molecule has 0 aromatic carbocycles. The zero-order valence-electron chi connectivity index (χ0n) is 11.6. The molecule has 1 aromatic heterocycles. The van der Waals surface area contributed by atoms with E-state index >= 15 is 0 Å². The highest BCUT2D eigenvalue weighted by atomic mass is 16.4. The Morgan fingerprint density at radius 2 is 2.30 bits per heavy atom. The van der Waals surface area contributed by atoms with E-state index in [2.05, 4.69) is 20.9 Å². The minimum atomic E-state index is -0.969. The molecular formula is C12H19N5O3. The molecular weight excluding hydrogens is 262 g/mol. The minimum Gasteiger partial charge on any atom is -0.481 e. The van der Waals surface area contributed by atoms with Crippen molar-refractivity contribution in [3.05, 3.63) is 11.9 Å². The number of aromatic nitrogens is 3. The zero-order chi connectivity index (χ0) is 14.8. The van der Waals surface area contributed by atoms with Crippen molar-refractivity contribution in [2.75, 3.05) is 19.6 Å². The van der Waals surface area contributed by atoms with E-state index < -0.39 is 17.3 Å². The first kappa shape index (κ1) is 14.4. The predicted molar refractivity (Wildman–Crippen MR) is 70.3 cm³/mol. The van der Waals surface area contributed by atoms with Gasteiger partial charge in [0.05, 0.1) is 17.7 Å². The number of carbonyl (C=O) groups is 2. The van der Waals surface area contributed by atoms with Crippen molar-refractivity contribution in [2.45, 2.75) is 26.3 Å². The largest absolute Gasteiger partial charge is 0.481 e. The maximum Gasteiger partial charge on any atom is 0.311 e. The van der Waals surface area contributed by atoms with E-state index in [9.17, 15) is 9.59 Å². The highest BCUT2D eigenvalue weighted by Crippen LogP contribution is 2.20. The van der Waals surface area contributed by atoms with Gasteiger partial charge in [-0.15, -0.1) is 5.10 Å². The van der Waals surface area contributed by atoms with Crippen molar-refractivity contribution in [3.8, 4) is 0 Å². The van der Waals surface area contributed by atoms with Crippen molar-refractivity contribution in [2.24, 2.45) is 5.41 Å². The number of carbonyl (C=O) groups excluding carboxylic acids is 1. The van der Waals surface area contributed by atoms with Crippen LogP contribution in [0.4, 0.5) is 0 Å². The van der Waals surface area contributed by atoms with Crippen LogP contribution in [0.5, 0.6) is 0 Å². The van der Waals surface area contributed by atoms with Crippen LogP contribution in [0.1, 0.15) is 36.8 Å². The fraction of sp³-hybridized carbons (Fsp3) is 0.667. The van der Waals surface area contributed by atoms with E-state index in [1.807, 2.05) is 0 Å². The Morgan fingerprint density at radius 1 is 1.60 bits per heavy atom. The third-order valence-electron chi connectivity index (χ3n) is 3.81. The monoisotopic (exact) mass is 281 g/mol. The molecule has 20 heavy (non-hydrogen) atoms. The molecule has 1 unspecified atom stereocenters. The van der Waals surface area contributed by atoms with Crippen LogP contribution in [0.15, 0.2) is 6.20 Å². The molecule has 1 aliphatic rings. The maximum absolute atomic E-state index is 11.9. The Balaban J connectivity index is 1.94. The third kappa shape index (κ3) is 2.79. The van der Waals surface area contributed by atoms with Crippen LogP contribution in [0.2, 0.25) is 0 Å². The molecule has 8 nitrogen and oxygen atoms in total. The number of nitrogens with zero attached hydrogens (tertiary/aromatic N) is 3. The van der Waals surface area contributed by atoms with Crippen LogP contribution < -0.4 is 10.6 Å². The summed E-state index contributed by atoms with van der Waals surface area (Å²) >= 11 is 0. The smallest absolute Gasteiger partial charge is 0.311 e. The van der Waals surface area contributed by atoms with Crippen LogP contribution in [0, 0.1) is 5.41 Å². The molecule has 2 heterocycles. The highest BCUT2D eigenvalue weighted by molar-refractivity contribution is 5.92. The number of aliphatic carboxylic acids is 1. The van der Waals surface area contributed by atoms with E-state index in [1.165, 1.54) is 0 Å². The van der Waals surface area contributed by atoms with Gasteiger partial charge in [0.25, 0.3) is 5.91 Å². The maximum atomic E-state index is 11.9. The second kappa shape index (κ2) is 5.58. The summed E-state index contributed by atoms with van der Waals surface area (Å²) in [4.78, 5) is 23.1. The number of hydrogen-bond donors (Lipinski definition) is 3. The molecule has 1 fully saturated rings. The number of rotatable bonds is 6. The van der Waals surface area contributed by atoms with Gasteiger partial charge in [0, 0.05) is 19.6 Å². The molecule has 1 atom stereocenters. The van der Waals surface area contributed by atoms with Gasteiger partial charge in [-0.1, -0.05) is 12.1 Å². The molecule has 2 rings (SSSR count). The van der Waals surface area contributed by atoms with Gasteiger partial charge in [-0.25, -0.2) is 4.68 Å². The van der Waals surface area contributed by atoms with Gasteiger partial charge in [0.1, 0.15) is 0 Å². The molecule has 1 aromatic rings. The lowest BCUT2D eigenvalue weighted by Gasteiger charge is -2.26. The topological polar surface area (TPSA) is 109 Å². The van der Waals surface area contributed by atoms with Gasteiger partial charge >= 0.3 is 5.97 Å². The number of carboxylic acid groups (broad SMARTS) is 1. The number of hydrogen-bond acceptors (Lipinski definition) is 5. The Kier molecular flexibility index (Phi) is 4.03. The second-order valence-corrected chi connectivity index (χ2v) is 5.30. The quantitative estimate of drug-likeness (QED) is 0.658. The zero-order valence-corrected chi connectivity index (χ0v) is 11.6. The van der Waals surface area contributed by atoms with Crippen molar-refractivity contribution in [1.82, 2.24) is 25.6 Å². The van der Waals surface area contributed by atoms with Gasteiger partial charge < -0.3 is 15.7 Å². The standard InChI is InChI=1S/C12H19N5O3/c1-3-12(2,11(19)20)7-14-10(18)9-6-17(16-15-9)8-4-13-5-8/h6,8,13H,3-5,7H2,1-2H3,(H,14,18)(H,19,20). The summed E-state index contributed by atoms with van der Waals surface area (Å²) in [6.45, 7) is 5.08. The van der Waals surface area contributed by atoms with Gasteiger partial charge in [0.15, 0.2) is 5.69 Å². The van der Waals surface area contributed by atoms with Gasteiger partial charge in [0.2, 0.25) is 0 Å². The third-order valence-corrected chi connectivity index (χ3v) is 3.81. The van der Waals surface area contributed by atoms with Crippen molar-refractivity contribution in [3.63, 3.8) is 0 Å². The molecule has 1 aliphatic heterocycles. The van der Waals surface area contributed by atoms with Gasteiger partial charge in [-0.05, 0) is 13.3 Å². The highest BCUT2D eigenvalue weighted by Gasteiger charge is 2.32. The molecule has 110 valence electrons. The first-order chi connectivity index (χ1) is 9.46. The SMILES string of the molecule is CCC(C)(CNC(=O)c1cn(C2CNC2)nn1)C(=O)O. The minimum absolute atomic E-state index is 0.0650. The van der Waals surface area contributed by atoms with E-state index in [0.29, 0.717) is 6.42 Å². The molecule has 0 spiro atoms. The number of carboxylic acids is 1. The fourth-order valence-electron chi connectivity index (χ4n) is 1.74. The second-order valence-electron chi connectivity index (χ2n) is 5.30. The van der Waals surface area contributed by atoms with Crippen molar-refractivity contribution < 1.29 is 14.7 Å². The molecule has 0 saturated carbocycles. The lowest BCUT2D eigenvalue weighted by atomic mass is 9.88. The first-order valence-corrected chi connectivity index (χ1v) is 6.60. The van der Waals surface area contributed by atoms with Crippen molar-refractivity contribution >= 4 is 11.9 Å². The van der Waals surface area contributed by atoms with Gasteiger partial charge in [-0.2, -0.15) is 0 Å². The predicted octanol–water partition coefficient (Wildman–Crippen LogP) is -0.347. The summed E-state index contributed by atoms with van der Waals surface area (Å²) in [6.07, 6.45) is 2.02. The Morgan fingerprint density at radius 3 is 2.80 bits per heavy atom. The van der Waals surface area contributed by atoms with Crippen LogP contribution >= 0.6 is 0 Å². The van der Waals surface area contributed by atoms with Crippen LogP contribution in [0.25, 0.3) is 0 Å². The summed E-state index contributed by atoms with van der Waals surface area (Å²) in [5.74, 6) is -1.33. The number of nitrogens with one attached hydrogen (secondary N) is 2. The normalized spacial score (nSPS) is 18.1. The average Bonchev–Trinajstić information content (AvgIpc) is 2.82. The summed E-state index contributed by atoms with van der Waals surface area (Å²) in [5, 5.41) is 22.6. The Hall–Kier alpha value is -1.96. The van der Waals surface area contributed by atoms with E-state index in [-0.39, 0.29) is 18.3 Å². The summed E-state index contributed by atoms with van der Waals surface area (Å²) in [5.41, 5.74) is -0.760. The Labute approximate surface area is 116 Å². The van der Waals surface area contributed by atoms with Crippen molar-refractivity contribution in [1.29, 1.82) is 0 Å². The van der Waals surface area contributed by atoms with Crippen LogP contribution in [-0.2, 0) is 4.79 Å². The first-order valence-electron chi connectivity index (χ1n) is 6.60. The molecule has 1 amide bonds. The fourth-order valence-corrected chi connectivity index (χ4v) is 1.74. The lowest BCUT2D eigenvalue weighted by Crippen LogP contribution is -2.43. The summed E-state index contributed by atoms with van der Waals surface area (Å²) in [6, 6.07) is 0.240. The average molecular weight is 281 g/mol. The molecule has 3 N–H and O–H groups in total. The molecule has 0 bridgehead atoms. The van der Waals surface area contributed by atoms with Crippen LogP contribution in [-0.4, -0.2) is 51.6 Å². The lowest BCUT2D eigenvalue weighted by molar-refractivity contribution is -0.147. The van der Waals surface area contributed by atoms with Gasteiger partial charge in [-0.3, -0.25) is 9.59 Å². The Bertz CT molecular complexity index is 511. The van der Waals surface area contributed by atoms with E-state index in [1.54, 1.807) is 24.7 Å². The van der Waals surface area contributed by atoms with Crippen LogP contribution in [0.3, 0.4) is 0 Å².